The standard InChI is InChI=1S/C17H10ClN5O4/c18-11-3-1-10(2-4-11)16-20-15(27-21-16)8-22-9-19-14-6-5-12(23(25)26)7-13(14)17(22)24/h1-7,9H,8H2. The van der Waals surface area contributed by atoms with Gasteiger partial charge in [-0.3, -0.25) is 19.5 Å². The quantitative estimate of drug-likeness (QED) is 0.392. The molecule has 0 spiro atoms. The zero-order valence-corrected chi connectivity index (χ0v) is 14.3. The van der Waals surface area contributed by atoms with Crippen molar-refractivity contribution < 1.29 is 9.45 Å². The molecule has 4 aromatic rings. The van der Waals surface area contributed by atoms with Gasteiger partial charge in [0, 0.05) is 22.7 Å². The Hall–Kier alpha value is -3.59. The number of nitro benzene ring substituents is 1. The molecule has 9 nitrogen and oxygen atoms in total. The van der Waals surface area contributed by atoms with Crippen LogP contribution in [0.5, 0.6) is 0 Å². The Morgan fingerprint density at radius 2 is 1.96 bits per heavy atom. The summed E-state index contributed by atoms with van der Waals surface area (Å²) in [5.74, 6) is 0.563. The molecule has 2 aromatic heterocycles. The molecule has 0 aliphatic carbocycles. The minimum atomic E-state index is -0.563. The van der Waals surface area contributed by atoms with Gasteiger partial charge in [0.2, 0.25) is 11.7 Å². The molecule has 0 saturated heterocycles. The molecule has 0 fully saturated rings. The summed E-state index contributed by atoms with van der Waals surface area (Å²) in [6.07, 6.45) is 1.34. The van der Waals surface area contributed by atoms with Crippen molar-refractivity contribution >= 4 is 28.2 Å². The highest BCUT2D eigenvalue weighted by molar-refractivity contribution is 6.30. The molecule has 0 amide bonds. The average molecular weight is 384 g/mol. The summed E-state index contributed by atoms with van der Waals surface area (Å²) in [4.78, 5) is 31.4. The van der Waals surface area contributed by atoms with Gasteiger partial charge in [-0.05, 0) is 30.3 Å². The first-order valence-corrected chi connectivity index (χ1v) is 8.11. The molecule has 0 saturated carbocycles. The normalized spacial score (nSPS) is 11.0. The van der Waals surface area contributed by atoms with E-state index in [1.165, 1.54) is 29.1 Å². The highest BCUT2D eigenvalue weighted by Gasteiger charge is 2.14. The largest absolute Gasteiger partial charge is 0.337 e. The maximum Gasteiger partial charge on any atom is 0.270 e. The molecular weight excluding hydrogens is 374 g/mol. The first-order chi connectivity index (χ1) is 13.0. The van der Waals surface area contributed by atoms with Crippen molar-refractivity contribution in [1.29, 1.82) is 0 Å². The van der Waals surface area contributed by atoms with Crippen molar-refractivity contribution in [1.82, 2.24) is 19.7 Å². The lowest BCUT2D eigenvalue weighted by atomic mass is 10.2. The molecule has 10 heteroatoms. The summed E-state index contributed by atoms with van der Waals surface area (Å²) in [6.45, 7) is -0.00887. The van der Waals surface area contributed by atoms with E-state index >= 15 is 0 Å². The van der Waals surface area contributed by atoms with Gasteiger partial charge in [0.1, 0.15) is 6.54 Å². The molecule has 134 valence electrons. The highest BCUT2D eigenvalue weighted by atomic mass is 35.5. The van der Waals surface area contributed by atoms with Crippen molar-refractivity contribution in [3.63, 3.8) is 0 Å². The van der Waals surface area contributed by atoms with Gasteiger partial charge in [0.25, 0.3) is 11.2 Å². The van der Waals surface area contributed by atoms with Crippen LogP contribution < -0.4 is 5.56 Å². The van der Waals surface area contributed by atoms with E-state index in [-0.39, 0.29) is 23.5 Å². The van der Waals surface area contributed by atoms with Crippen LogP contribution in [0.2, 0.25) is 5.02 Å². The maximum absolute atomic E-state index is 12.6. The number of non-ortho nitro benzene ring substituents is 1. The van der Waals surface area contributed by atoms with Crippen LogP contribution >= 0.6 is 11.6 Å². The van der Waals surface area contributed by atoms with Crippen LogP contribution in [0, 0.1) is 10.1 Å². The number of rotatable bonds is 4. The fraction of sp³-hybridized carbons (Fsp3) is 0.0588. The number of nitrogens with zero attached hydrogens (tertiary/aromatic N) is 5. The SMILES string of the molecule is O=c1c2cc([N+](=O)[O-])ccc2ncn1Cc1nc(-c2ccc(Cl)cc2)no1. The molecule has 0 radical (unpaired) electrons. The zero-order chi connectivity index (χ0) is 19.0. The highest BCUT2D eigenvalue weighted by Crippen LogP contribution is 2.19. The number of aromatic nitrogens is 4. The van der Waals surface area contributed by atoms with Crippen LogP contribution in [-0.4, -0.2) is 24.6 Å². The Balaban J connectivity index is 1.67. The smallest absolute Gasteiger partial charge is 0.270 e. The second-order valence-corrected chi connectivity index (χ2v) is 6.09. The molecule has 2 aromatic carbocycles. The number of hydrogen-bond acceptors (Lipinski definition) is 7. The molecule has 4 rings (SSSR count). The lowest BCUT2D eigenvalue weighted by Crippen LogP contribution is -2.21. The van der Waals surface area contributed by atoms with Crippen molar-refractivity contribution in [2.75, 3.05) is 0 Å². The van der Waals surface area contributed by atoms with E-state index in [1.807, 2.05) is 0 Å². The van der Waals surface area contributed by atoms with Gasteiger partial charge in [-0.2, -0.15) is 4.98 Å². The molecule has 0 bridgehead atoms. The Kier molecular flexibility index (Phi) is 4.13. The van der Waals surface area contributed by atoms with Gasteiger partial charge in [0.15, 0.2) is 0 Å². The molecule has 2 heterocycles. The second kappa shape index (κ2) is 6.61. The minimum absolute atomic E-state index is 0.00887. The van der Waals surface area contributed by atoms with Gasteiger partial charge in [-0.1, -0.05) is 16.8 Å². The van der Waals surface area contributed by atoms with Gasteiger partial charge in [0.05, 0.1) is 22.2 Å². The monoisotopic (exact) mass is 383 g/mol. The Labute approximate surface area is 156 Å². The van der Waals surface area contributed by atoms with Gasteiger partial charge in [-0.25, -0.2) is 4.98 Å². The first-order valence-electron chi connectivity index (χ1n) is 7.73. The van der Waals surface area contributed by atoms with E-state index in [1.54, 1.807) is 24.3 Å². The fourth-order valence-electron chi connectivity index (χ4n) is 2.55. The van der Waals surface area contributed by atoms with Crippen LogP contribution in [0.1, 0.15) is 5.89 Å². The van der Waals surface area contributed by atoms with Crippen molar-refractivity contribution in [3.8, 4) is 11.4 Å². The van der Waals surface area contributed by atoms with Crippen LogP contribution in [0.4, 0.5) is 5.69 Å². The first kappa shape index (κ1) is 16.9. The molecule has 27 heavy (non-hydrogen) atoms. The molecule has 0 aliphatic rings. The summed E-state index contributed by atoms with van der Waals surface area (Å²) in [7, 11) is 0. The van der Waals surface area contributed by atoms with Crippen molar-refractivity contribution in [3.05, 3.63) is 80.2 Å². The van der Waals surface area contributed by atoms with Gasteiger partial charge >= 0.3 is 0 Å². The summed E-state index contributed by atoms with van der Waals surface area (Å²) in [6, 6.07) is 10.9. The van der Waals surface area contributed by atoms with Crippen LogP contribution in [-0.2, 0) is 6.54 Å². The summed E-state index contributed by atoms with van der Waals surface area (Å²) >= 11 is 5.86. The Morgan fingerprint density at radius 1 is 1.19 bits per heavy atom. The number of fused-ring (bicyclic) bond motifs is 1. The molecule has 0 aliphatic heterocycles. The van der Waals surface area contributed by atoms with Crippen molar-refractivity contribution in [2.24, 2.45) is 0 Å². The van der Waals surface area contributed by atoms with Crippen LogP contribution in [0.25, 0.3) is 22.3 Å². The van der Waals surface area contributed by atoms with E-state index in [4.69, 9.17) is 16.1 Å². The zero-order valence-electron chi connectivity index (χ0n) is 13.6. The number of benzene rings is 2. The van der Waals surface area contributed by atoms with Gasteiger partial charge < -0.3 is 4.52 Å². The van der Waals surface area contributed by atoms with Gasteiger partial charge in [-0.15, -0.1) is 0 Å². The molecule has 0 N–H and O–H groups in total. The molecule has 0 atom stereocenters. The predicted octanol–water partition coefficient (Wildman–Crippen LogP) is 3.06. The predicted molar refractivity (Wildman–Crippen MR) is 96.5 cm³/mol. The maximum atomic E-state index is 12.6. The second-order valence-electron chi connectivity index (χ2n) is 5.65. The van der Waals surface area contributed by atoms with Crippen LogP contribution in [0.3, 0.4) is 0 Å². The number of nitro groups is 1. The third-order valence-corrected chi connectivity index (χ3v) is 4.15. The summed E-state index contributed by atoms with van der Waals surface area (Å²) < 4.78 is 6.45. The van der Waals surface area contributed by atoms with Crippen molar-refractivity contribution in [2.45, 2.75) is 6.54 Å². The third kappa shape index (κ3) is 3.27. The molecular formula is C17H10ClN5O4. The Morgan fingerprint density at radius 3 is 2.70 bits per heavy atom. The summed E-state index contributed by atoms with van der Waals surface area (Å²) in [5.41, 5.74) is 0.472. The third-order valence-electron chi connectivity index (χ3n) is 3.89. The van der Waals surface area contributed by atoms with E-state index in [2.05, 4.69) is 15.1 Å². The Bertz CT molecular complexity index is 1220. The topological polar surface area (TPSA) is 117 Å². The van der Waals surface area contributed by atoms with E-state index in [9.17, 15) is 14.9 Å². The minimum Gasteiger partial charge on any atom is -0.337 e. The van der Waals surface area contributed by atoms with Crippen LogP contribution in [0.15, 0.2) is 58.1 Å². The number of hydrogen-bond donors (Lipinski definition) is 0. The van der Waals surface area contributed by atoms with E-state index in [0.29, 0.717) is 21.9 Å². The van der Waals surface area contributed by atoms with E-state index in [0.717, 1.165) is 0 Å². The van der Waals surface area contributed by atoms with E-state index < -0.39 is 10.5 Å². The molecule has 0 unspecified atom stereocenters. The lowest BCUT2D eigenvalue weighted by Gasteiger charge is -2.03. The average Bonchev–Trinajstić information content (AvgIpc) is 3.13. The summed E-state index contributed by atoms with van der Waals surface area (Å²) in [5, 5.41) is 15.5. The lowest BCUT2D eigenvalue weighted by molar-refractivity contribution is -0.384. The number of halogens is 1. The fourth-order valence-corrected chi connectivity index (χ4v) is 2.68.